The predicted octanol–water partition coefficient (Wildman–Crippen LogP) is 4.33. The third-order valence-corrected chi connectivity index (χ3v) is 7.81. The largest absolute Gasteiger partial charge is 0.493 e. The number of aromatic nitrogens is 1. The van der Waals surface area contributed by atoms with Gasteiger partial charge in [0.2, 0.25) is 11.8 Å². The monoisotopic (exact) mass is 498 g/mol. The Morgan fingerprint density at radius 1 is 0.946 bits per heavy atom. The van der Waals surface area contributed by atoms with Crippen LogP contribution < -0.4 is 24.8 Å². The van der Waals surface area contributed by atoms with Crippen molar-refractivity contribution < 1.29 is 23.8 Å². The van der Waals surface area contributed by atoms with Crippen LogP contribution in [0.4, 0.5) is 5.69 Å². The number of pyridine rings is 1. The van der Waals surface area contributed by atoms with Gasteiger partial charge in [-0.25, -0.2) is 0 Å². The first-order valence-corrected chi connectivity index (χ1v) is 12.2. The number of nitrogens with one attached hydrogen (secondary N) is 2. The molecule has 37 heavy (non-hydrogen) atoms. The SMILES string of the molecule is COc1cc2nccc(Oc3ccc(NC(=O)C4(C(=O)NC56CC(C#N)(C5)C6)CC4)cc3)c2cc1OC. The van der Waals surface area contributed by atoms with Crippen molar-refractivity contribution in [3.05, 3.63) is 48.7 Å². The highest BCUT2D eigenvalue weighted by Crippen LogP contribution is 2.67. The minimum absolute atomic E-state index is 0.229. The van der Waals surface area contributed by atoms with E-state index >= 15 is 0 Å². The van der Waals surface area contributed by atoms with Crippen molar-refractivity contribution in [1.29, 1.82) is 5.26 Å². The Morgan fingerprint density at radius 2 is 1.62 bits per heavy atom. The van der Waals surface area contributed by atoms with Crippen LogP contribution in [-0.2, 0) is 9.59 Å². The number of amides is 2. The van der Waals surface area contributed by atoms with Gasteiger partial charge >= 0.3 is 0 Å². The van der Waals surface area contributed by atoms with E-state index in [1.54, 1.807) is 56.8 Å². The molecule has 4 saturated carbocycles. The van der Waals surface area contributed by atoms with Crippen molar-refractivity contribution in [3.63, 3.8) is 0 Å². The zero-order chi connectivity index (χ0) is 25.8. The summed E-state index contributed by atoms with van der Waals surface area (Å²) in [5, 5.41) is 15.9. The van der Waals surface area contributed by atoms with Crippen LogP contribution >= 0.6 is 0 Å². The summed E-state index contributed by atoms with van der Waals surface area (Å²) in [4.78, 5) is 30.3. The molecule has 9 nitrogen and oxygen atoms in total. The Balaban J connectivity index is 1.12. The van der Waals surface area contributed by atoms with Gasteiger partial charge in [-0.3, -0.25) is 14.6 Å². The van der Waals surface area contributed by atoms with Crippen molar-refractivity contribution in [2.75, 3.05) is 19.5 Å². The minimum atomic E-state index is -1.03. The maximum Gasteiger partial charge on any atom is 0.240 e. The zero-order valence-corrected chi connectivity index (χ0v) is 20.6. The second-order valence-electron chi connectivity index (χ2n) is 10.4. The number of fused-ring (bicyclic) bond motifs is 1. The Morgan fingerprint density at radius 3 is 2.24 bits per heavy atom. The van der Waals surface area contributed by atoms with Gasteiger partial charge in [-0.1, -0.05) is 0 Å². The summed E-state index contributed by atoms with van der Waals surface area (Å²) in [5.74, 6) is 1.80. The summed E-state index contributed by atoms with van der Waals surface area (Å²) in [7, 11) is 3.14. The van der Waals surface area contributed by atoms with Gasteiger partial charge in [0, 0.05) is 28.9 Å². The fourth-order valence-electron chi connectivity index (χ4n) is 5.60. The van der Waals surface area contributed by atoms with Crippen LogP contribution in [0.1, 0.15) is 32.1 Å². The summed E-state index contributed by atoms with van der Waals surface area (Å²) < 4.78 is 16.9. The van der Waals surface area contributed by atoms with Crippen LogP contribution in [0.2, 0.25) is 0 Å². The van der Waals surface area contributed by atoms with E-state index in [1.165, 1.54) is 0 Å². The summed E-state index contributed by atoms with van der Waals surface area (Å²) in [6, 6.07) is 14.7. The smallest absolute Gasteiger partial charge is 0.240 e. The van der Waals surface area contributed by atoms with Gasteiger partial charge in [-0.2, -0.15) is 5.26 Å². The number of hydrogen-bond acceptors (Lipinski definition) is 7. The van der Waals surface area contributed by atoms with Crippen LogP contribution in [0.5, 0.6) is 23.0 Å². The van der Waals surface area contributed by atoms with Crippen molar-refractivity contribution in [2.24, 2.45) is 10.8 Å². The van der Waals surface area contributed by atoms with E-state index in [-0.39, 0.29) is 22.8 Å². The first kappa shape index (κ1) is 23.1. The molecule has 2 N–H and O–H groups in total. The zero-order valence-electron chi connectivity index (χ0n) is 20.6. The lowest BCUT2D eigenvalue weighted by atomic mass is 9.40. The average Bonchev–Trinajstić information content (AvgIpc) is 3.68. The summed E-state index contributed by atoms with van der Waals surface area (Å²) in [6.45, 7) is 0. The number of nitrogens with zero attached hydrogens (tertiary/aromatic N) is 2. The number of ether oxygens (including phenoxy) is 3. The quantitative estimate of drug-likeness (QED) is 0.443. The molecular weight excluding hydrogens is 472 g/mol. The summed E-state index contributed by atoms with van der Waals surface area (Å²) in [5.41, 5.74) is -0.281. The van der Waals surface area contributed by atoms with E-state index in [2.05, 4.69) is 21.7 Å². The van der Waals surface area contributed by atoms with Crippen LogP contribution in [0.25, 0.3) is 10.9 Å². The van der Waals surface area contributed by atoms with Gasteiger partial charge in [0.15, 0.2) is 11.5 Å². The topological polar surface area (TPSA) is 123 Å². The van der Waals surface area contributed by atoms with Crippen LogP contribution in [0.15, 0.2) is 48.7 Å². The number of nitriles is 1. The molecule has 188 valence electrons. The van der Waals surface area contributed by atoms with E-state index in [1.807, 2.05) is 6.07 Å². The Labute approximate surface area is 213 Å². The lowest BCUT2D eigenvalue weighted by Crippen LogP contribution is -2.75. The number of hydrogen-bond donors (Lipinski definition) is 2. The standard InChI is InChI=1S/C28H26N4O5/c1-35-22-11-19-20(12-23(22)36-2)30-10-7-21(19)37-18-5-3-17(4-6-18)31-24(33)28(8-9-28)25(34)32-27-13-26(14-27,15-27)16-29/h3-7,10-12H,8-9,13-15H2,1-2H3,(H,31,33)(H,32,34). The molecule has 0 unspecified atom stereocenters. The van der Waals surface area contributed by atoms with Gasteiger partial charge < -0.3 is 24.8 Å². The minimum Gasteiger partial charge on any atom is -0.493 e. The van der Waals surface area contributed by atoms with Gasteiger partial charge in [0.05, 0.1) is 31.2 Å². The molecule has 4 aliphatic rings. The predicted molar refractivity (Wildman–Crippen MR) is 134 cm³/mol. The maximum absolute atomic E-state index is 13.0. The fraction of sp³-hybridized carbons (Fsp3) is 0.357. The third-order valence-electron chi connectivity index (χ3n) is 7.81. The lowest BCUT2D eigenvalue weighted by molar-refractivity contribution is -0.151. The molecule has 9 heteroatoms. The molecule has 2 aromatic carbocycles. The second-order valence-corrected chi connectivity index (χ2v) is 10.4. The molecule has 3 aromatic rings. The van der Waals surface area contributed by atoms with Crippen molar-refractivity contribution in [2.45, 2.75) is 37.6 Å². The van der Waals surface area contributed by atoms with E-state index in [9.17, 15) is 14.9 Å². The van der Waals surface area contributed by atoms with Crippen molar-refractivity contribution >= 4 is 28.4 Å². The summed E-state index contributed by atoms with van der Waals surface area (Å²) >= 11 is 0. The van der Waals surface area contributed by atoms with Crippen molar-refractivity contribution in [1.82, 2.24) is 10.3 Å². The highest BCUT2D eigenvalue weighted by atomic mass is 16.5. The number of carbonyl (C=O) groups excluding carboxylic acids is 2. The van der Waals surface area contributed by atoms with E-state index in [0.29, 0.717) is 66.3 Å². The molecule has 2 amide bonds. The van der Waals surface area contributed by atoms with E-state index in [4.69, 9.17) is 14.2 Å². The highest BCUT2D eigenvalue weighted by Gasteiger charge is 2.71. The Bertz CT molecular complexity index is 1450. The molecular formula is C28H26N4O5. The van der Waals surface area contributed by atoms with Crippen molar-refractivity contribution in [3.8, 4) is 29.1 Å². The lowest BCUT2D eigenvalue weighted by Gasteiger charge is -2.67. The van der Waals surface area contributed by atoms with E-state index in [0.717, 1.165) is 5.39 Å². The highest BCUT2D eigenvalue weighted by molar-refractivity contribution is 6.13. The Kier molecular flexibility index (Phi) is 5.06. The molecule has 0 saturated heterocycles. The fourth-order valence-corrected chi connectivity index (χ4v) is 5.60. The number of benzene rings is 2. The second kappa shape index (κ2) is 8.10. The Hall–Kier alpha value is -4.32. The van der Waals surface area contributed by atoms with Gasteiger partial charge in [-0.05, 0) is 68.5 Å². The van der Waals surface area contributed by atoms with Gasteiger partial charge in [0.1, 0.15) is 16.9 Å². The molecule has 0 spiro atoms. The maximum atomic E-state index is 13.0. The average molecular weight is 499 g/mol. The molecule has 1 heterocycles. The third kappa shape index (κ3) is 3.71. The molecule has 7 rings (SSSR count). The van der Waals surface area contributed by atoms with Crippen LogP contribution in [-0.4, -0.2) is 36.6 Å². The van der Waals surface area contributed by atoms with E-state index < -0.39 is 5.41 Å². The molecule has 4 fully saturated rings. The number of anilines is 1. The molecule has 0 radical (unpaired) electrons. The van der Waals surface area contributed by atoms with Gasteiger partial charge in [0.25, 0.3) is 0 Å². The first-order valence-electron chi connectivity index (χ1n) is 12.2. The van der Waals surface area contributed by atoms with Crippen LogP contribution in [0.3, 0.4) is 0 Å². The molecule has 4 aliphatic carbocycles. The first-order chi connectivity index (χ1) is 17.8. The normalized spacial score (nSPS) is 24.0. The summed E-state index contributed by atoms with van der Waals surface area (Å²) in [6.07, 6.45) is 4.77. The molecule has 2 bridgehead atoms. The number of carbonyl (C=O) groups is 2. The van der Waals surface area contributed by atoms with Gasteiger partial charge in [-0.15, -0.1) is 0 Å². The van der Waals surface area contributed by atoms with Crippen LogP contribution in [0, 0.1) is 22.2 Å². The molecule has 0 aliphatic heterocycles. The molecule has 1 aromatic heterocycles. The molecule has 0 atom stereocenters. The number of methoxy groups -OCH3 is 2. The number of rotatable bonds is 8.